The normalized spacial score (nSPS) is 13.4. The molecule has 0 fully saturated rings. The summed E-state index contributed by atoms with van der Waals surface area (Å²) in [6.07, 6.45) is -1.60. The maximum Gasteiger partial charge on any atom is 0.332 e. The van der Waals surface area contributed by atoms with Crippen molar-refractivity contribution < 1.29 is 14.9 Å². The molecule has 3 rings (SSSR count). The molecule has 0 aliphatic rings. The monoisotopic (exact) mass is 417 g/mol. The molecule has 3 aromatic rings. The number of benzene rings is 1. The van der Waals surface area contributed by atoms with Crippen LogP contribution in [-0.4, -0.2) is 54.3 Å². The first-order chi connectivity index (χ1) is 14.2. The lowest BCUT2D eigenvalue weighted by atomic mass is 10.2. The molecule has 2 aromatic heterocycles. The Balaban J connectivity index is 1.93. The van der Waals surface area contributed by atoms with Crippen LogP contribution in [0.1, 0.15) is 12.5 Å². The van der Waals surface area contributed by atoms with E-state index in [1.165, 1.54) is 23.2 Å². The molecule has 0 radical (unpaired) electrons. The van der Waals surface area contributed by atoms with E-state index in [1.54, 1.807) is 6.92 Å². The molecule has 2 heterocycles. The van der Waals surface area contributed by atoms with Gasteiger partial charge in [-0.05, 0) is 26.0 Å². The number of fused-ring (bicyclic) bond motifs is 1. The van der Waals surface area contributed by atoms with Crippen molar-refractivity contribution >= 4 is 17.1 Å². The van der Waals surface area contributed by atoms with Gasteiger partial charge in [-0.2, -0.15) is 4.98 Å². The molecule has 30 heavy (non-hydrogen) atoms. The lowest BCUT2D eigenvalue weighted by Crippen LogP contribution is -2.38. The third-order valence-corrected chi connectivity index (χ3v) is 4.76. The summed E-state index contributed by atoms with van der Waals surface area (Å²) in [5, 5.41) is 23.1. The van der Waals surface area contributed by atoms with Crippen molar-refractivity contribution in [2.75, 3.05) is 18.5 Å². The van der Waals surface area contributed by atoms with E-state index in [-0.39, 0.29) is 36.8 Å². The Labute approximate surface area is 173 Å². The predicted octanol–water partition coefficient (Wildman–Crippen LogP) is -0.0253. The van der Waals surface area contributed by atoms with E-state index in [0.29, 0.717) is 5.75 Å². The van der Waals surface area contributed by atoms with E-state index in [9.17, 15) is 19.8 Å². The van der Waals surface area contributed by atoms with E-state index < -0.39 is 23.5 Å². The molecule has 10 nitrogen and oxygen atoms in total. The van der Waals surface area contributed by atoms with Crippen LogP contribution >= 0.6 is 0 Å². The quantitative estimate of drug-likeness (QED) is 0.470. The number of rotatable bonds is 8. The SMILES string of the molecule is Cc1ccc(OC[C@@H](O)Cn2c(NC[C@H](C)O)nc3c2c(=O)n(C)c(=O)n3C)cc1. The van der Waals surface area contributed by atoms with E-state index >= 15 is 0 Å². The van der Waals surface area contributed by atoms with Gasteiger partial charge in [0.05, 0.1) is 12.6 Å². The molecular weight excluding hydrogens is 390 g/mol. The first kappa shape index (κ1) is 21.6. The van der Waals surface area contributed by atoms with Crippen LogP contribution in [-0.2, 0) is 20.6 Å². The van der Waals surface area contributed by atoms with Gasteiger partial charge in [0, 0.05) is 20.6 Å². The molecule has 0 aliphatic carbocycles. The number of aryl methyl sites for hydroxylation is 2. The first-order valence-electron chi connectivity index (χ1n) is 9.64. The molecule has 0 bridgehead atoms. The minimum atomic E-state index is -0.947. The lowest BCUT2D eigenvalue weighted by Gasteiger charge is -2.16. The van der Waals surface area contributed by atoms with Gasteiger partial charge in [0.25, 0.3) is 5.56 Å². The summed E-state index contributed by atoms with van der Waals surface area (Å²) < 4.78 is 9.42. The summed E-state index contributed by atoms with van der Waals surface area (Å²) in [4.78, 5) is 29.4. The van der Waals surface area contributed by atoms with Crippen LogP contribution in [0.15, 0.2) is 33.9 Å². The Morgan fingerprint density at radius 2 is 1.80 bits per heavy atom. The largest absolute Gasteiger partial charge is 0.491 e. The summed E-state index contributed by atoms with van der Waals surface area (Å²) in [6, 6.07) is 7.45. The number of hydrogen-bond donors (Lipinski definition) is 3. The highest BCUT2D eigenvalue weighted by Crippen LogP contribution is 2.17. The van der Waals surface area contributed by atoms with Gasteiger partial charge in [0.1, 0.15) is 18.5 Å². The van der Waals surface area contributed by atoms with Gasteiger partial charge in [0.15, 0.2) is 11.2 Å². The van der Waals surface area contributed by atoms with Crippen molar-refractivity contribution in [2.45, 2.75) is 32.6 Å². The summed E-state index contributed by atoms with van der Waals surface area (Å²) in [6.45, 7) is 3.79. The average Bonchev–Trinajstić information content (AvgIpc) is 3.07. The Hall–Kier alpha value is -3.11. The number of nitrogens with one attached hydrogen (secondary N) is 1. The maximum absolute atomic E-state index is 12.8. The maximum atomic E-state index is 12.8. The Kier molecular flexibility index (Phi) is 6.28. The van der Waals surface area contributed by atoms with E-state index in [1.807, 2.05) is 31.2 Å². The zero-order valence-electron chi connectivity index (χ0n) is 17.5. The molecule has 1 aromatic carbocycles. The van der Waals surface area contributed by atoms with E-state index in [0.717, 1.165) is 10.1 Å². The van der Waals surface area contributed by atoms with Crippen molar-refractivity contribution in [3.63, 3.8) is 0 Å². The number of aliphatic hydroxyl groups is 2. The first-order valence-corrected chi connectivity index (χ1v) is 9.64. The second-order valence-electron chi connectivity index (χ2n) is 7.43. The number of imidazole rings is 1. The van der Waals surface area contributed by atoms with Crippen LogP contribution in [0, 0.1) is 6.92 Å². The number of hydrogen-bond acceptors (Lipinski definition) is 7. The second kappa shape index (κ2) is 8.72. The standard InChI is InChI=1S/C20H27N5O5/c1-12-5-7-15(8-6-12)30-11-14(27)10-25-16-17(22-19(25)21-9-13(2)26)23(3)20(29)24(4)18(16)28/h5-8,13-14,26-27H,9-11H2,1-4H3,(H,21,22)/t13-,14-/m0/s1. The van der Waals surface area contributed by atoms with Crippen molar-refractivity contribution in [3.05, 3.63) is 50.7 Å². The molecule has 0 unspecified atom stereocenters. The zero-order chi connectivity index (χ0) is 22.0. The van der Waals surface area contributed by atoms with Crippen LogP contribution in [0.5, 0.6) is 5.75 Å². The van der Waals surface area contributed by atoms with Crippen LogP contribution in [0.2, 0.25) is 0 Å². The Morgan fingerprint density at radius 3 is 2.43 bits per heavy atom. The van der Waals surface area contributed by atoms with Crippen molar-refractivity contribution in [1.82, 2.24) is 18.7 Å². The number of nitrogens with zero attached hydrogens (tertiary/aromatic N) is 4. The molecular formula is C20H27N5O5. The molecule has 0 amide bonds. The number of anilines is 1. The smallest absolute Gasteiger partial charge is 0.332 e. The topological polar surface area (TPSA) is 124 Å². The third-order valence-electron chi connectivity index (χ3n) is 4.76. The lowest BCUT2D eigenvalue weighted by molar-refractivity contribution is 0.0937. The molecule has 2 atom stereocenters. The fourth-order valence-electron chi connectivity index (χ4n) is 3.09. The van der Waals surface area contributed by atoms with Crippen LogP contribution in [0.4, 0.5) is 5.95 Å². The zero-order valence-corrected chi connectivity index (χ0v) is 17.5. The van der Waals surface area contributed by atoms with Gasteiger partial charge < -0.3 is 24.8 Å². The van der Waals surface area contributed by atoms with Gasteiger partial charge in [0.2, 0.25) is 5.95 Å². The molecule has 3 N–H and O–H groups in total. The van der Waals surface area contributed by atoms with Crippen LogP contribution in [0.25, 0.3) is 11.2 Å². The van der Waals surface area contributed by atoms with Gasteiger partial charge in [-0.25, -0.2) is 4.79 Å². The van der Waals surface area contributed by atoms with Gasteiger partial charge in [-0.1, -0.05) is 17.7 Å². The molecule has 0 saturated heterocycles. The van der Waals surface area contributed by atoms with Crippen molar-refractivity contribution in [1.29, 1.82) is 0 Å². The minimum absolute atomic E-state index is 0.00462. The molecule has 0 aliphatic heterocycles. The minimum Gasteiger partial charge on any atom is -0.491 e. The fourth-order valence-corrected chi connectivity index (χ4v) is 3.09. The number of aromatic nitrogens is 4. The second-order valence-corrected chi connectivity index (χ2v) is 7.43. The number of ether oxygens (including phenoxy) is 1. The van der Waals surface area contributed by atoms with Crippen molar-refractivity contribution in [3.8, 4) is 5.75 Å². The molecule has 0 spiro atoms. The van der Waals surface area contributed by atoms with Gasteiger partial charge >= 0.3 is 5.69 Å². The highest BCUT2D eigenvalue weighted by molar-refractivity contribution is 5.74. The average molecular weight is 417 g/mol. The summed E-state index contributed by atoms with van der Waals surface area (Å²) >= 11 is 0. The molecule has 10 heteroatoms. The molecule has 162 valence electrons. The van der Waals surface area contributed by atoms with E-state index in [4.69, 9.17) is 4.74 Å². The Bertz CT molecular complexity index is 1140. The van der Waals surface area contributed by atoms with Crippen molar-refractivity contribution in [2.24, 2.45) is 14.1 Å². The highest BCUT2D eigenvalue weighted by atomic mass is 16.5. The van der Waals surface area contributed by atoms with Gasteiger partial charge in [-0.15, -0.1) is 0 Å². The van der Waals surface area contributed by atoms with Gasteiger partial charge in [-0.3, -0.25) is 13.9 Å². The summed E-state index contributed by atoms with van der Waals surface area (Å²) in [7, 11) is 2.91. The predicted molar refractivity (Wildman–Crippen MR) is 113 cm³/mol. The number of aliphatic hydroxyl groups excluding tert-OH is 2. The Morgan fingerprint density at radius 1 is 1.13 bits per heavy atom. The third kappa shape index (κ3) is 4.39. The van der Waals surface area contributed by atoms with Crippen LogP contribution < -0.4 is 21.3 Å². The molecule has 0 saturated carbocycles. The van der Waals surface area contributed by atoms with Crippen LogP contribution in [0.3, 0.4) is 0 Å². The summed E-state index contributed by atoms with van der Waals surface area (Å²) in [5.74, 6) is 0.902. The highest BCUT2D eigenvalue weighted by Gasteiger charge is 2.21. The van der Waals surface area contributed by atoms with E-state index in [2.05, 4.69) is 10.3 Å². The fraction of sp³-hybridized carbons (Fsp3) is 0.450. The summed E-state index contributed by atoms with van der Waals surface area (Å²) in [5.41, 5.74) is 0.466.